The van der Waals surface area contributed by atoms with Crippen LogP contribution in [0.25, 0.3) is 0 Å². The number of rotatable bonds is 6. The van der Waals surface area contributed by atoms with Gasteiger partial charge in [0.25, 0.3) is 0 Å². The molecule has 0 amide bonds. The zero-order chi connectivity index (χ0) is 13.7. The van der Waals surface area contributed by atoms with E-state index in [0.29, 0.717) is 16.0 Å². The van der Waals surface area contributed by atoms with Crippen LogP contribution < -0.4 is 10.1 Å². The molecule has 2 nitrogen and oxygen atoms in total. The molecule has 1 aliphatic heterocycles. The fraction of sp³-hybridized carbons (Fsp3) is 0.571. The lowest BCUT2D eigenvalue weighted by atomic mass is 10.0. The number of hydrogen-bond donors (Lipinski definition) is 1. The zero-order valence-electron chi connectivity index (χ0n) is 11.0. The maximum atomic E-state index is 6.18. The number of ether oxygens (including phenoxy) is 1. The molecule has 1 aliphatic rings. The van der Waals surface area contributed by atoms with Gasteiger partial charge in [-0.3, -0.25) is 0 Å². The Balaban J connectivity index is 2.05. The Morgan fingerprint density at radius 3 is 2.95 bits per heavy atom. The molecule has 2 rings (SSSR count). The van der Waals surface area contributed by atoms with Crippen molar-refractivity contribution < 1.29 is 4.74 Å². The predicted octanol–water partition coefficient (Wildman–Crippen LogP) is 4.10. The molecule has 0 saturated carbocycles. The first kappa shape index (κ1) is 15.3. The van der Waals surface area contributed by atoms with Gasteiger partial charge in [-0.05, 0) is 36.9 Å². The lowest BCUT2D eigenvalue weighted by Crippen LogP contribution is -2.31. The van der Waals surface area contributed by atoms with Gasteiger partial charge in [-0.1, -0.05) is 30.1 Å². The van der Waals surface area contributed by atoms with Crippen LogP contribution in [0.5, 0.6) is 5.75 Å². The molecule has 0 unspecified atom stereocenters. The van der Waals surface area contributed by atoms with Crippen molar-refractivity contribution in [2.24, 2.45) is 5.92 Å². The van der Waals surface area contributed by atoms with Gasteiger partial charge in [-0.15, -0.1) is 0 Å². The van der Waals surface area contributed by atoms with Crippen LogP contribution in [0, 0.1) is 5.92 Å². The van der Waals surface area contributed by atoms with Gasteiger partial charge in [-0.2, -0.15) is 11.8 Å². The number of benzene rings is 1. The number of hydrogen-bond acceptors (Lipinski definition) is 3. The van der Waals surface area contributed by atoms with Crippen LogP contribution in [0.1, 0.15) is 13.3 Å². The molecule has 106 valence electrons. The molecule has 1 aromatic carbocycles. The SMILES string of the molecule is CCSC[C@H](Oc1ccc(Cl)cc1Cl)[C@H]1CCNC1. The first-order valence-electron chi connectivity index (χ1n) is 6.61. The molecule has 0 radical (unpaired) electrons. The van der Waals surface area contributed by atoms with Gasteiger partial charge in [0.1, 0.15) is 11.9 Å². The second-order valence-electron chi connectivity index (χ2n) is 4.64. The third kappa shape index (κ3) is 4.45. The van der Waals surface area contributed by atoms with E-state index >= 15 is 0 Å². The van der Waals surface area contributed by atoms with E-state index < -0.39 is 0 Å². The molecule has 5 heteroatoms. The highest BCUT2D eigenvalue weighted by Gasteiger charge is 2.26. The van der Waals surface area contributed by atoms with Crippen molar-refractivity contribution in [1.29, 1.82) is 0 Å². The van der Waals surface area contributed by atoms with Crippen molar-refractivity contribution in [3.05, 3.63) is 28.2 Å². The Morgan fingerprint density at radius 2 is 2.32 bits per heavy atom. The van der Waals surface area contributed by atoms with Gasteiger partial charge < -0.3 is 10.1 Å². The number of halogens is 2. The molecule has 0 aromatic heterocycles. The molecule has 0 spiro atoms. The van der Waals surface area contributed by atoms with E-state index in [2.05, 4.69) is 12.2 Å². The molecule has 1 aromatic rings. The normalized spacial score (nSPS) is 20.5. The summed E-state index contributed by atoms with van der Waals surface area (Å²) in [5.41, 5.74) is 0. The largest absolute Gasteiger partial charge is 0.488 e. The first-order valence-corrected chi connectivity index (χ1v) is 8.52. The third-order valence-electron chi connectivity index (χ3n) is 3.28. The summed E-state index contributed by atoms with van der Waals surface area (Å²) >= 11 is 14.0. The topological polar surface area (TPSA) is 21.3 Å². The summed E-state index contributed by atoms with van der Waals surface area (Å²) in [7, 11) is 0. The third-order valence-corrected chi connectivity index (χ3v) is 4.79. The highest BCUT2D eigenvalue weighted by Crippen LogP contribution is 2.31. The van der Waals surface area contributed by atoms with Crippen molar-refractivity contribution in [2.45, 2.75) is 19.4 Å². The van der Waals surface area contributed by atoms with E-state index in [0.717, 1.165) is 30.3 Å². The summed E-state index contributed by atoms with van der Waals surface area (Å²) in [5, 5.41) is 4.62. The Labute approximate surface area is 129 Å². The smallest absolute Gasteiger partial charge is 0.138 e. The van der Waals surface area contributed by atoms with Crippen LogP contribution in [0.3, 0.4) is 0 Å². The second kappa shape index (κ2) is 7.63. The fourth-order valence-electron chi connectivity index (χ4n) is 2.23. The molecule has 19 heavy (non-hydrogen) atoms. The van der Waals surface area contributed by atoms with Gasteiger partial charge in [0, 0.05) is 23.2 Å². The minimum atomic E-state index is 0.207. The van der Waals surface area contributed by atoms with Gasteiger partial charge >= 0.3 is 0 Å². The van der Waals surface area contributed by atoms with Crippen LogP contribution in [-0.2, 0) is 0 Å². The maximum absolute atomic E-state index is 6.18. The summed E-state index contributed by atoms with van der Waals surface area (Å²) < 4.78 is 6.13. The summed E-state index contributed by atoms with van der Waals surface area (Å²) in [4.78, 5) is 0. The molecule has 1 heterocycles. The van der Waals surface area contributed by atoms with Gasteiger partial charge in [0.2, 0.25) is 0 Å². The molecule has 0 bridgehead atoms. The van der Waals surface area contributed by atoms with E-state index in [1.165, 1.54) is 6.42 Å². The van der Waals surface area contributed by atoms with E-state index in [4.69, 9.17) is 27.9 Å². The molecule has 1 N–H and O–H groups in total. The molecule has 1 saturated heterocycles. The van der Waals surface area contributed by atoms with Crippen molar-refractivity contribution in [1.82, 2.24) is 5.32 Å². The van der Waals surface area contributed by atoms with Crippen LogP contribution in [-0.4, -0.2) is 30.7 Å². The average Bonchev–Trinajstić information content (AvgIpc) is 2.90. The van der Waals surface area contributed by atoms with E-state index in [9.17, 15) is 0 Å². The Hall–Kier alpha value is -0.0900. The quantitative estimate of drug-likeness (QED) is 0.852. The lowest BCUT2D eigenvalue weighted by Gasteiger charge is -2.24. The summed E-state index contributed by atoms with van der Waals surface area (Å²) in [6, 6.07) is 5.41. The average molecular weight is 320 g/mol. The van der Waals surface area contributed by atoms with Crippen LogP contribution in [0.2, 0.25) is 10.0 Å². The molecular formula is C14H19Cl2NOS. The zero-order valence-corrected chi connectivity index (χ0v) is 13.3. The van der Waals surface area contributed by atoms with Crippen LogP contribution in [0.4, 0.5) is 0 Å². The van der Waals surface area contributed by atoms with Crippen molar-refractivity contribution >= 4 is 35.0 Å². The summed E-state index contributed by atoms with van der Waals surface area (Å²) in [6.07, 6.45) is 1.37. The van der Waals surface area contributed by atoms with E-state index in [1.54, 1.807) is 6.07 Å². The van der Waals surface area contributed by atoms with Crippen molar-refractivity contribution in [3.8, 4) is 5.75 Å². The number of thioether (sulfide) groups is 1. The minimum Gasteiger partial charge on any atom is -0.488 e. The van der Waals surface area contributed by atoms with Crippen LogP contribution in [0.15, 0.2) is 18.2 Å². The fourth-order valence-corrected chi connectivity index (χ4v) is 3.49. The van der Waals surface area contributed by atoms with E-state index in [-0.39, 0.29) is 6.10 Å². The van der Waals surface area contributed by atoms with E-state index in [1.807, 2.05) is 23.9 Å². The maximum Gasteiger partial charge on any atom is 0.138 e. The Kier molecular flexibility index (Phi) is 6.14. The lowest BCUT2D eigenvalue weighted by molar-refractivity contribution is 0.165. The van der Waals surface area contributed by atoms with Gasteiger partial charge in [0.15, 0.2) is 0 Å². The highest BCUT2D eigenvalue weighted by atomic mass is 35.5. The molecular weight excluding hydrogens is 301 g/mol. The standard InChI is InChI=1S/C14H19Cl2NOS/c1-2-19-9-14(10-5-6-17-8-10)18-13-4-3-11(15)7-12(13)16/h3-4,7,10,14,17H,2,5-6,8-9H2,1H3/t10-,14-/m0/s1. The Morgan fingerprint density at radius 1 is 1.47 bits per heavy atom. The Bertz CT molecular complexity index is 410. The monoisotopic (exact) mass is 319 g/mol. The summed E-state index contributed by atoms with van der Waals surface area (Å²) in [6.45, 7) is 4.28. The predicted molar refractivity (Wildman–Crippen MR) is 84.9 cm³/mol. The van der Waals surface area contributed by atoms with Gasteiger partial charge in [-0.25, -0.2) is 0 Å². The highest BCUT2D eigenvalue weighted by molar-refractivity contribution is 7.99. The van der Waals surface area contributed by atoms with Gasteiger partial charge in [0.05, 0.1) is 5.02 Å². The summed E-state index contributed by atoms with van der Waals surface area (Å²) in [5.74, 6) is 3.40. The second-order valence-corrected chi connectivity index (χ2v) is 6.81. The number of nitrogens with one attached hydrogen (secondary N) is 1. The van der Waals surface area contributed by atoms with Crippen LogP contribution >= 0.6 is 35.0 Å². The first-order chi connectivity index (χ1) is 9.20. The molecule has 2 atom stereocenters. The van der Waals surface area contributed by atoms with Crippen molar-refractivity contribution in [3.63, 3.8) is 0 Å². The van der Waals surface area contributed by atoms with Crippen molar-refractivity contribution in [2.75, 3.05) is 24.6 Å². The minimum absolute atomic E-state index is 0.207. The molecule has 0 aliphatic carbocycles. The molecule has 1 fully saturated rings.